The highest BCUT2D eigenvalue weighted by Crippen LogP contribution is 2.24. The Bertz CT molecular complexity index is 752. The summed E-state index contributed by atoms with van der Waals surface area (Å²) in [7, 11) is -3.59. The lowest BCUT2D eigenvalue weighted by molar-refractivity contribution is 0.601. The van der Waals surface area contributed by atoms with Gasteiger partial charge in [-0.05, 0) is 61.4 Å². The topological polar surface area (TPSA) is 58.2 Å². The second kappa shape index (κ2) is 6.81. The monoisotopic (exact) mass is 350 g/mol. The van der Waals surface area contributed by atoms with Gasteiger partial charge in [-0.25, -0.2) is 8.42 Å². The summed E-state index contributed by atoms with van der Waals surface area (Å²) in [5, 5.41) is 3.98. The second-order valence-electron chi connectivity index (χ2n) is 5.76. The number of hydrogen-bond acceptors (Lipinski definition) is 3. The zero-order valence-corrected chi connectivity index (χ0v) is 14.2. The number of sulfonamides is 1. The molecule has 3 rings (SSSR count). The highest BCUT2D eigenvalue weighted by Gasteiger charge is 2.15. The van der Waals surface area contributed by atoms with Gasteiger partial charge in [0.2, 0.25) is 0 Å². The summed E-state index contributed by atoms with van der Waals surface area (Å²) in [6, 6.07) is 14.0. The first-order valence-electron chi connectivity index (χ1n) is 7.68. The molecule has 0 amide bonds. The minimum absolute atomic E-state index is 0.190. The predicted octanol–water partition coefficient (Wildman–Crippen LogP) is 4.50. The van der Waals surface area contributed by atoms with Crippen molar-refractivity contribution in [1.82, 2.24) is 0 Å². The number of anilines is 2. The van der Waals surface area contributed by atoms with Crippen LogP contribution in [0.2, 0.25) is 5.02 Å². The molecule has 0 radical (unpaired) electrons. The number of halogens is 1. The first kappa shape index (κ1) is 16.1. The molecule has 4 nitrogen and oxygen atoms in total. The molecule has 0 aliphatic heterocycles. The zero-order valence-electron chi connectivity index (χ0n) is 12.6. The van der Waals surface area contributed by atoms with E-state index in [0.29, 0.717) is 16.8 Å². The van der Waals surface area contributed by atoms with Crippen molar-refractivity contribution >= 4 is 33.0 Å². The van der Waals surface area contributed by atoms with E-state index in [2.05, 4.69) is 10.0 Å². The van der Waals surface area contributed by atoms with Gasteiger partial charge in [0.15, 0.2) is 0 Å². The second-order valence-corrected chi connectivity index (χ2v) is 7.88. The van der Waals surface area contributed by atoms with Crippen molar-refractivity contribution in [3.63, 3.8) is 0 Å². The Morgan fingerprint density at radius 1 is 0.870 bits per heavy atom. The largest absolute Gasteiger partial charge is 0.382 e. The molecule has 122 valence electrons. The molecule has 6 heteroatoms. The van der Waals surface area contributed by atoms with Gasteiger partial charge in [0.25, 0.3) is 10.0 Å². The van der Waals surface area contributed by atoms with E-state index in [1.807, 2.05) is 12.1 Å². The SMILES string of the molecule is O=S(=O)(Nc1ccc(NC2CCCC2)cc1)c1ccc(Cl)cc1. The van der Waals surface area contributed by atoms with E-state index in [0.717, 1.165) is 5.69 Å². The Morgan fingerprint density at radius 2 is 1.43 bits per heavy atom. The minimum atomic E-state index is -3.59. The van der Waals surface area contributed by atoms with Crippen molar-refractivity contribution in [1.29, 1.82) is 0 Å². The highest BCUT2D eigenvalue weighted by molar-refractivity contribution is 7.92. The fourth-order valence-corrected chi connectivity index (χ4v) is 3.95. The van der Waals surface area contributed by atoms with E-state index >= 15 is 0 Å². The molecule has 0 bridgehead atoms. The van der Waals surface area contributed by atoms with Gasteiger partial charge in [-0.1, -0.05) is 24.4 Å². The summed E-state index contributed by atoms with van der Waals surface area (Å²) >= 11 is 5.79. The van der Waals surface area contributed by atoms with Crippen LogP contribution in [0.3, 0.4) is 0 Å². The average molecular weight is 351 g/mol. The molecule has 2 N–H and O–H groups in total. The molecule has 0 aromatic heterocycles. The lowest BCUT2D eigenvalue weighted by Gasteiger charge is -2.14. The Hall–Kier alpha value is -1.72. The Balaban J connectivity index is 1.68. The molecule has 0 spiro atoms. The predicted molar refractivity (Wildman–Crippen MR) is 94.6 cm³/mol. The Morgan fingerprint density at radius 3 is 2.04 bits per heavy atom. The molecule has 2 aromatic carbocycles. The van der Waals surface area contributed by atoms with Crippen molar-refractivity contribution in [2.45, 2.75) is 36.6 Å². The van der Waals surface area contributed by atoms with Crippen LogP contribution in [0.15, 0.2) is 53.4 Å². The highest BCUT2D eigenvalue weighted by atomic mass is 35.5. The van der Waals surface area contributed by atoms with E-state index in [9.17, 15) is 8.42 Å². The normalized spacial score (nSPS) is 15.5. The third kappa shape index (κ3) is 4.18. The van der Waals surface area contributed by atoms with Crippen LogP contribution in [-0.4, -0.2) is 14.5 Å². The van der Waals surface area contributed by atoms with Crippen molar-refractivity contribution in [3.8, 4) is 0 Å². The third-order valence-electron chi connectivity index (χ3n) is 3.99. The number of nitrogens with one attached hydrogen (secondary N) is 2. The van der Waals surface area contributed by atoms with Gasteiger partial charge in [-0.15, -0.1) is 0 Å². The third-order valence-corrected chi connectivity index (χ3v) is 5.64. The van der Waals surface area contributed by atoms with E-state index in [1.165, 1.54) is 37.8 Å². The maximum absolute atomic E-state index is 12.3. The van der Waals surface area contributed by atoms with Crippen molar-refractivity contribution in [3.05, 3.63) is 53.6 Å². The van der Waals surface area contributed by atoms with E-state index < -0.39 is 10.0 Å². The molecular weight excluding hydrogens is 332 g/mol. The molecule has 1 fully saturated rings. The van der Waals surface area contributed by atoms with Crippen LogP contribution in [0.5, 0.6) is 0 Å². The van der Waals surface area contributed by atoms with Gasteiger partial charge in [-0.3, -0.25) is 4.72 Å². The van der Waals surface area contributed by atoms with Gasteiger partial charge >= 0.3 is 0 Å². The molecule has 2 aromatic rings. The first-order valence-corrected chi connectivity index (χ1v) is 9.54. The zero-order chi connectivity index (χ0) is 16.3. The van der Waals surface area contributed by atoms with E-state index in [1.54, 1.807) is 24.3 Å². The molecule has 0 unspecified atom stereocenters. The maximum Gasteiger partial charge on any atom is 0.261 e. The summed E-state index contributed by atoms with van der Waals surface area (Å²) in [6.45, 7) is 0. The molecule has 0 atom stereocenters. The molecule has 1 aliphatic carbocycles. The number of benzene rings is 2. The Kier molecular flexibility index (Phi) is 4.78. The van der Waals surface area contributed by atoms with Crippen LogP contribution in [0.1, 0.15) is 25.7 Å². The molecule has 1 saturated carbocycles. The maximum atomic E-state index is 12.3. The van der Waals surface area contributed by atoms with Gasteiger partial charge in [0, 0.05) is 22.4 Å². The fourth-order valence-electron chi connectivity index (χ4n) is 2.77. The standard InChI is InChI=1S/C17H19ClN2O2S/c18-13-5-11-17(12-6-13)23(21,22)20-16-9-7-15(8-10-16)19-14-3-1-2-4-14/h5-12,14,19-20H,1-4H2. The van der Waals surface area contributed by atoms with Crippen LogP contribution in [-0.2, 0) is 10.0 Å². The van der Waals surface area contributed by atoms with Crippen LogP contribution >= 0.6 is 11.6 Å². The minimum Gasteiger partial charge on any atom is -0.382 e. The lowest BCUT2D eigenvalue weighted by atomic mass is 10.2. The summed E-state index contributed by atoms with van der Waals surface area (Å²) in [5.74, 6) is 0. The average Bonchev–Trinajstić information content (AvgIpc) is 3.02. The van der Waals surface area contributed by atoms with Gasteiger partial charge in [-0.2, -0.15) is 0 Å². The fraction of sp³-hybridized carbons (Fsp3) is 0.294. The summed E-state index contributed by atoms with van der Waals surface area (Å²) in [5.41, 5.74) is 1.56. The van der Waals surface area contributed by atoms with Crippen molar-refractivity contribution in [2.24, 2.45) is 0 Å². The quantitative estimate of drug-likeness (QED) is 0.834. The van der Waals surface area contributed by atoms with Gasteiger partial charge < -0.3 is 5.32 Å². The van der Waals surface area contributed by atoms with Crippen LogP contribution in [0, 0.1) is 0 Å². The van der Waals surface area contributed by atoms with Crippen LogP contribution < -0.4 is 10.0 Å². The van der Waals surface area contributed by atoms with Crippen LogP contribution in [0.4, 0.5) is 11.4 Å². The van der Waals surface area contributed by atoms with Crippen molar-refractivity contribution < 1.29 is 8.42 Å². The Labute approximate surface area is 141 Å². The summed E-state index contributed by atoms with van der Waals surface area (Å²) < 4.78 is 27.2. The molecule has 1 aliphatic rings. The molecular formula is C17H19ClN2O2S. The van der Waals surface area contributed by atoms with Gasteiger partial charge in [0.05, 0.1) is 4.90 Å². The van der Waals surface area contributed by atoms with Gasteiger partial charge in [0.1, 0.15) is 0 Å². The first-order chi connectivity index (χ1) is 11.0. The number of hydrogen-bond donors (Lipinski definition) is 2. The molecule has 23 heavy (non-hydrogen) atoms. The van der Waals surface area contributed by atoms with Crippen LogP contribution in [0.25, 0.3) is 0 Å². The van der Waals surface area contributed by atoms with Crippen molar-refractivity contribution in [2.75, 3.05) is 10.0 Å². The smallest absolute Gasteiger partial charge is 0.261 e. The summed E-state index contributed by atoms with van der Waals surface area (Å²) in [4.78, 5) is 0.190. The summed E-state index contributed by atoms with van der Waals surface area (Å²) in [6.07, 6.45) is 4.95. The molecule has 0 saturated heterocycles. The number of rotatable bonds is 5. The van der Waals surface area contributed by atoms with E-state index in [-0.39, 0.29) is 4.90 Å². The van der Waals surface area contributed by atoms with E-state index in [4.69, 9.17) is 11.6 Å². The molecule has 0 heterocycles. The lowest BCUT2D eigenvalue weighted by Crippen LogP contribution is -2.15.